The Morgan fingerprint density at radius 3 is 2.88 bits per heavy atom. The van der Waals surface area contributed by atoms with Crippen molar-refractivity contribution in [3.63, 3.8) is 0 Å². The molecule has 1 fully saturated rings. The van der Waals surface area contributed by atoms with E-state index in [0.717, 1.165) is 24.6 Å². The molecule has 1 aliphatic rings. The van der Waals surface area contributed by atoms with Crippen LogP contribution in [-0.4, -0.2) is 49.0 Å². The van der Waals surface area contributed by atoms with Crippen molar-refractivity contribution in [1.82, 2.24) is 35.3 Å². The van der Waals surface area contributed by atoms with Crippen molar-refractivity contribution in [2.45, 2.75) is 26.3 Å². The van der Waals surface area contributed by atoms with E-state index in [1.165, 1.54) is 12.8 Å². The van der Waals surface area contributed by atoms with E-state index in [2.05, 4.69) is 35.7 Å². The first kappa shape index (κ1) is 14.6. The van der Waals surface area contributed by atoms with Gasteiger partial charge in [-0.1, -0.05) is 0 Å². The maximum Gasteiger partial charge on any atom is 0.272 e. The number of nitrogens with one attached hydrogen (secondary N) is 2. The highest BCUT2D eigenvalue weighted by Gasteiger charge is 2.16. The van der Waals surface area contributed by atoms with Gasteiger partial charge in [-0.25, -0.2) is 0 Å². The van der Waals surface area contributed by atoms with E-state index in [1.54, 1.807) is 10.6 Å². The fourth-order valence-electron chi connectivity index (χ4n) is 2.83. The number of hydrogen-bond donors (Lipinski definition) is 2. The molecular weight excluding hydrogens is 308 g/mol. The number of hydrogen-bond acceptors (Lipinski definition) is 6. The third-order valence-electron chi connectivity index (χ3n) is 4.09. The Bertz CT molecular complexity index is 877. The van der Waals surface area contributed by atoms with Crippen LogP contribution in [0.2, 0.25) is 0 Å². The van der Waals surface area contributed by atoms with E-state index in [9.17, 15) is 4.79 Å². The summed E-state index contributed by atoms with van der Waals surface area (Å²) in [5.41, 5.74) is 1.86. The van der Waals surface area contributed by atoms with E-state index in [0.29, 0.717) is 17.2 Å². The van der Waals surface area contributed by atoms with Crippen LogP contribution < -0.4 is 10.2 Å². The molecule has 1 aliphatic heterocycles. The van der Waals surface area contributed by atoms with E-state index in [1.807, 2.05) is 19.1 Å². The first-order valence-electron chi connectivity index (χ1n) is 7.97. The molecule has 0 unspecified atom stereocenters. The average Bonchev–Trinajstić information content (AvgIpc) is 3.33. The third-order valence-corrected chi connectivity index (χ3v) is 4.09. The van der Waals surface area contributed by atoms with Gasteiger partial charge in [-0.2, -0.15) is 9.61 Å². The van der Waals surface area contributed by atoms with Crippen LogP contribution in [0.4, 0.5) is 5.82 Å². The van der Waals surface area contributed by atoms with Gasteiger partial charge in [-0.3, -0.25) is 9.89 Å². The highest BCUT2D eigenvalue weighted by atomic mass is 16.1. The van der Waals surface area contributed by atoms with E-state index in [-0.39, 0.29) is 12.5 Å². The van der Waals surface area contributed by atoms with Crippen molar-refractivity contribution in [3.05, 3.63) is 35.4 Å². The zero-order valence-corrected chi connectivity index (χ0v) is 13.4. The molecule has 0 radical (unpaired) electrons. The normalized spacial score (nSPS) is 14.5. The van der Waals surface area contributed by atoms with Crippen molar-refractivity contribution >= 4 is 17.4 Å². The van der Waals surface area contributed by atoms with Gasteiger partial charge in [-0.15, -0.1) is 15.3 Å². The minimum absolute atomic E-state index is 0.238. The number of carbonyl (C=O) groups excluding carboxylic acids is 1. The number of aromatic amines is 1. The lowest BCUT2D eigenvalue weighted by Crippen LogP contribution is -2.25. The Morgan fingerprint density at radius 1 is 1.29 bits per heavy atom. The number of rotatable bonds is 4. The predicted molar refractivity (Wildman–Crippen MR) is 86.7 cm³/mol. The first-order valence-corrected chi connectivity index (χ1v) is 7.97. The van der Waals surface area contributed by atoms with Crippen LogP contribution >= 0.6 is 0 Å². The van der Waals surface area contributed by atoms with Crippen LogP contribution in [0.1, 0.15) is 34.8 Å². The average molecular weight is 326 g/mol. The minimum atomic E-state index is -0.258. The number of aromatic nitrogens is 6. The van der Waals surface area contributed by atoms with Crippen molar-refractivity contribution < 1.29 is 4.79 Å². The summed E-state index contributed by atoms with van der Waals surface area (Å²) in [6.45, 7) is 4.12. The molecule has 0 aliphatic carbocycles. The Balaban J connectivity index is 1.53. The third kappa shape index (κ3) is 2.68. The number of H-pyrrole nitrogens is 1. The molecular formula is C15H18N8O. The monoisotopic (exact) mass is 326 g/mol. The van der Waals surface area contributed by atoms with Crippen molar-refractivity contribution in [2.75, 3.05) is 18.0 Å². The maximum absolute atomic E-state index is 12.1. The molecule has 3 aromatic rings. The highest BCUT2D eigenvalue weighted by Crippen LogP contribution is 2.18. The molecule has 9 heteroatoms. The molecule has 0 spiro atoms. The standard InChI is InChI=1S/C15H18N8O/c1-10-8-11(18-17-10)15(24)16-9-14-20-19-12-4-5-13(21-23(12)14)22-6-2-3-7-22/h4-5,8H,2-3,6-7,9H2,1H3,(H,16,24)(H,17,18). The molecule has 2 N–H and O–H groups in total. The SMILES string of the molecule is Cc1cc(C(=O)NCc2nnc3ccc(N4CCCC4)nn23)n[nH]1. The van der Waals surface area contributed by atoms with Crippen LogP contribution in [0.25, 0.3) is 5.65 Å². The topological polar surface area (TPSA) is 104 Å². The molecule has 4 heterocycles. The lowest BCUT2D eigenvalue weighted by Gasteiger charge is -2.15. The smallest absolute Gasteiger partial charge is 0.272 e. The highest BCUT2D eigenvalue weighted by molar-refractivity contribution is 5.92. The molecule has 1 amide bonds. The molecule has 0 atom stereocenters. The van der Waals surface area contributed by atoms with Gasteiger partial charge in [0.05, 0.1) is 6.54 Å². The van der Waals surface area contributed by atoms with E-state index < -0.39 is 0 Å². The summed E-state index contributed by atoms with van der Waals surface area (Å²) in [5.74, 6) is 1.24. The van der Waals surface area contributed by atoms with Gasteiger partial charge in [0.2, 0.25) is 0 Å². The lowest BCUT2D eigenvalue weighted by atomic mass is 10.3. The first-order chi connectivity index (χ1) is 11.7. The molecule has 9 nitrogen and oxygen atoms in total. The van der Waals surface area contributed by atoms with Crippen LogP contribution in [0.3, 0.4) is 0 Å². The fraction of sp³-hybridized carbons (Fsp3) is 0.400. The van der Waals surface area contributed by atoms with Gasteiger partial charge in [0.25, 0.3) is 5.91 Å². The number of anilines is 1. The van der Waals surface area contributed by atoms with Crippen LogP contribution in [-0.2, 0) is 6.54 Å². The van der Waals surface area contributed by atoms with Crippen molar-refractivity contribution in [2.24, 2.45) is 0 Å². The fourth-order valence-corrected chi connectivity index (χ4v) is 2.83. The van der Waals surface area contributed by atoms with E-state index >= 15 is 0 Å². The lowest BCUT2D eigenvalue weighted by molar-refractivity contribution is 0.0944. The molecule has 0 bridgehead atoms. The second-order valence-electron chi connectivity index (χ2n) is 5.89. The molecule has 0 saturated carbocycles. The van der Waals surface area contributed by atoms with Gasteiger partial charge in [0.15, 0.2) is 11.5 Å². The summed E-state index contributed by atoms with van der Waals surface area (Å²) in [6.07, 6.45) is 2.38. The molecule has 3 aromatic heterocycles. The van der Waals surface area contributed by atoms with Crippen molar-refractivity contribution in [3.8, 4) is 0 Å². The zero-order chi connectivity index (χ0) is 16.5. The zero-order valence-electron chi connectivity index (χ0n) is 13.4. The van der Waals surface area contributed by atoms with Crippen LogP contribution in [0.15, 0.2) is 18.2 Å². The molecule has 0 aromatic carbocycles. The molecule has 4 rings (SSSR count). The summed E-state index contributed by atoms with van der Waals surface area (Å²) in [6, 6.07) is 5.56. The predicted octanol–water partition coefficient (Wildman–Crippen LogP) is 0.686. The number of nitrogens with zero attached hydrogens (tertiary/aromatic N) is 6. The Kier molecular flexibility index (Phi) is 3.60. The number of aryl methyl sites for hydroxylation is 1. The van der Waals surface area contributed by atoms with E-state index in [4.69, 9.17) is 0 Å². The Morgan fingerprint density at radius 2 is 2.12 bits per heavy atom. The summed E-state index contributed by atoms with van der Waals surface area (Å²) < 4.78 is 1.68. The Hall–Kier alpha value is -2.97. The van der Waals surface area contributed by atoms with Gasteiger partial charge < -0.3 is 10.2 Å². The minimum Gasteiger partial charge on any atom is -0.355 e. The summed E-state index contributed by atoms with van der Waals surface area (Å²) in [4.78, 5) is 14.3. The summed E-state index contributed by atoms with van der Waals surface area (Å²) in [5, 5.41) is 22.3. The summed E-state index contributed by atoms with van der Waals surface area (Å²) in [7, 11) is 0. The number of carbonyl (C=O) groups is 1. The van der Waals surface area contributed by atoms with Crippen LogP contribution in [0.5, 0.6) is 0 Å². The second kappa shape index (κ2) is 5.91. The van der Waals surface area contributed by atoms with Gasteiger partial charge in [0.1, 0.15) is 11.5 Å². The Labute approximate surface area is 138 Å². The molecule has 1 saturated heterocycles. The summed E-state index contributed by atoms with van der Waals surface area (Å²) >= 11 is 0. The van der Waals surface area contributed by atoms with Gasteiger partial charge in [0, 0.05) is 18.8 Å². The number of amides is 1. The van der Waals surface area contributed by atoms with Crippen LogP contribution in [0, 0.1) is 6.92 Å². The maximum atomic E-state index is 12.1. The largest absolute Gasteiger partial charge is 0.355 e. The second-order valence-corrected chi connectivity index (χ2v) is 5.89. The number of fused-ring (bicyclic) bond motifs is 1. The van der Waals surface area contributed by atoms with Gasteiger partial charge in [-0.05, 0) is 38.0 Å². The van der Waals surface area contributed by atoms with Gasteiger partial charge >= 0.3 is 0 Å². The quantitative estimate of drug-likeness (QED) is 0.731. The molecule has 124 valence electrons. The molecule has 24 heavy (non-hydrogen) atoms. The van der Waals surface area contributed by atoms with Crippen molar-refractivity contribution in [1.29, 1.82) is 0 Å².